The van der Waals surface area contributed by atoms with E-state index in [1.807, 2.05) is 97.5 Å². The first-order chi connectivity index (χ1) is 23.7. The maximum absolute atomic E-state index is 9.34. The quantitative estimate of drug-likeness (QED) is 0.202. The van der Waals surface area contributed by atoms with E-state index in [0.717, 1.165) is 72.7 Å². The second-order valence-electron chi connectivity index (χ2n) is 11.5. The van der Waals surface area contributed by atoms with Crippen molar-refractivity contribution in [1.29, 1.82) is 5.41 Å². The third-order valence-electron chi connectivity index (χ3n) is 8.51. The molecule has 0 spiro atoms. The van der Waals surface area contributed by atoms with Crippen LogP contribution in [0.2, 0.25) is 0 Å². The highest BCUT2D eigenvalue weighted by molar-refractivity contribution is 6.21. The molecule has 0 amide bonds. The lowest BCUT2D eigenvalue weighted by Crippen LogP contribution is -2.13. The lowest BCUT2D eigenvalue weighted by molar-refractivity contribution is 1.25. The summed E-state index contributed by atoms with van der Waals surface area (Å²) in [5.74, 6) is 0. The Balaban J connectivity index is 1.16. The molecule has 0 saturated heterocycles. The summed E-state index contributed by atoms with van der Waals surface area (Å²) in [6.45, 7) is 0. The molecule has 8 rings (SSSR count). The minimum absolute atomic E-state index is 0.391. The summed E-state index contributed by atoms with van der Waals surface area (Å²) in [6, 6.07) is 45.1. The number of nitrogens with zero attached hydrogens (tertiary/aromatic N) is 4. The zero-order valence-electron chi connectivity index (χ0n) is 26.0. The van der Waals surface area contributed by atoms with E-state index in [-0.39, 0.29) is 0 Å². The average molecular weight is 616 g/mol. The molecule has 5 heteroatoms. The van der Waals surface area contributed by atoms with Crippen LogP contribution in [0.15, 0.2) is 170 Å². The molecule has 0 bridgehead atoms. The monoisotopic (exact) mass is 615 g/mol. The molecule has 0 unspecified atom stereocenters. The van der Waals surface area contributed by atoms with E-state index in [9.17, 15) is 5.41 Å². The first kappa shape index (κ1) is 28.9. The Hall–Kier alpha value is -6.59. The predicted octanol–water partition coefficient (Wildman–Crippen LogP) is 9.83. The van der Waals surface area contributed by atoms with Crippen molar-refractivity contribution < 1.29 is 0 Å². The summed E-state index contributed by atoms with van der Waals surface area (Å²) in [7, 11) is 0. The van der Waals surface area contributed by atoms with Crippen LogP contribution in [0.4, 0.5) is 0 Å². The molecule has 1 aliphatic rings. The number of aromatic nitrogens is 4. The van der Waals surface area contributed by atoms with Crippen LogP contribution in [0, 0.1) is 5.41 Å². The Morgan fingerprint density at radius 2 is 1.12 bits per heavy atom. The molecule has 226 valence electrons. The third-order valence-corrected chi connectivity index (χ3v) is 8.51. The summed E-state index contributed by atoms with van der Waals surface area (Å²) in [6.07, 6.45) is 11.3. The van der Waals surface area contributed by atoms with Gasteiger partial charge in [-0.25, -0.2) is 4.98 Å². The Bertz CT molecular complexity index is 2210. The Morgan fingerprint density at radius 3 is 1.77 bits per heavy atom. The van der Waals surface area contributed by atoms with Gasteiger partial charge >= 0.3 is 0 Å². The van der Waals surface area contributed by atoms with Gasteiger partial charge in [-0.05, 0) is 76.9 Å². The third kappa shape index (κ3) is 5.65. The highest BCUT2D eigenvalue weighted by atomic mass is 14.7. The van der Waals surface area contributed by atoms with Gasteiger partial charge in [-0.3, -0.25) is 20.4 Å². The standard InChI is InChI=1S/C43H29N5/c44-42-37(41(31-9-2-1-3-10-31)33-11-8-22-45-28-33)20-18-32-19-21-40(48-43(32)42)30-16-14-29(15-17-30)34-25-35(38-12-4-6-23-46-38)27-36(26-34)39-13-5-7-24-47-39/h1-28,44H/b41-37+,44-42?. The SMILES string of the molecule is N=C1/C(=C(\c2ccccc2)c2cccnc2)C=Cc2ccc(-c3ccc(-c4cc(-c5ccccn5)cc(-c5ccccn5)c4)cc3)nc21. The molecule has 0 radical (unpaired) electrons. The Morgan fingerprint density at radius 1 is 0.479 bits per heavy atom. The van der Waals surface area contributed by atoms with Crippen molar-refractivity contribution in [3.63, 3.8) is 0 Å². The zero-order chi connectivity index (χ0) is 32.3. The van der Waals surface area contributed by atoms with Crippen LogP contribution in [0.25, 0.3) is 56.5 Å². The fourth-order valence-electron chi connectivity index (χ4n) is 6.14. The van der Waals surface area contributed by atoms with Crippen molar-refractivity contribution >= 4 is 17.4 Å². The number of hydrogen-bond acceptors (Lipinski definition) is 5. The fourth-order valence-corrected chi connectivity index (χ4v) is 6.14. The summed E-state index contributed by atoms with van der Waals surface area (Å²) >= 11 is 0. The van der Waals surface area contributed by atoms with Crippen molar-refractivity contribution in [2.45, 2.75) is 0 Å². The van der Waals surface area contributed by atoms with E-state index in [0.29, 0.717) is 11.4 Å². The van der Waals surface area contributed by atoms with Crippen molar-refractivity contribution in [2.75, 3.05) is 0 Å². The largest absolute Gasteiger partial charge is 0.298 e. The molecule has 48 heavy (non-hydrogen) atoms. The smallest absolute Gasteiger partial charge is 0.0965 e. The normalized spacial score (nSPS) is 13.2. The minimum Gasteiger partial charge on any atom is -0.298 e. The molecule has 4 aromatic heterocycles. The van der Waals surface area contributed by atoms with Gasteiger partial charge in [0.25, 0.3) is 0 Å². The van der Waals surface area contributed by atoms with E-state index < -0.39 is 0 Å². The van der Waals surface area contributed by atoms with Crippen molar-refractivity contribution in [2.24, 2.45) is 0 Å². The van der Waals surface area contributed by atoms with Gasteiger partial charge in [0.05, 0.1) is 28.5 Å². The van der Waals surface area contributed by atoms with E-state index in [1.165, 1.54) is 0 Å². The van der Waals surface area contributed by atoms with Gasteiger partial charge in [-0.1, -0.05) is 91.0 Å². The molecule has 5 nitrogen and oxygen atoms in total. The molecular weight excluding hydrogens is 587 g/mol. The highest BCUT2D eigenvalue weighted by Crippen LogP contribution is 2.35. The average Bonchev–Trinajstić information content (AvgIpc) is 3.17. The van der Waals surface area contributed by atoms with Crippen LogP contribution in [0.5, 0.6) is 0 Å². The topological polar surface area (TPSA) is 75.4 Å². The van der Waals surface area contributed by atoms with Crippen LogP contribution < -0.4 is 0 Å². The number of benzene rings is 3. The highest BCUT2D eigenvalue weighted by Gasteiger charge is 2.22. The molecule has 1 N–H and O–H groups in total. The van der Waals surface area contributed by atoms with E-state index in [1.54, 1.807) is 6.20 Å². The Kier molecular flexibility index (Phi) is 7.61. The second-order valence-corrected chi connectivity index (χ2v) is 11.5. The molecule has 3 aromatic carbocycles. The molecular formula is C43H29N5. The second kappa shape index (κ2) is 12.7. The van der Waals surface area contributed by atoms with Crippen molar-refractivity contribution in [1.82, 2.24) is 19.9 Å². The van der Waals surface area contributed by atoms with Crippen LogP contribution in [0.1, 0.15) is 22.4 Å². The summed E-state index contributed by atoms with van der Waals surface area (Å²) in [4.78, 5) is 18.6. The first-order valence-electron chi connectivity index (χ1n) is 15.8. The van der Waals surface area contributed by atoms with E-state index in [4.69, 9.17) is 4.98 Å². The number of rotatable bonds is 6. The first-order valence-corrected chi connectivity index (χ1v) is 15.8. The number of hydrogen-bond donors (Lipinski definition) is 1. The molecule has 0 aliphatic heterocycles. The zero-order valence-corrected chi connectivity index (χ0v) is 26.0. The molecule has 4 heterocycles. The van der Waals surface area contributed by atoms with Gasteiger partial charge in [0.15, 0.2) is 0 Å². The van der Waals surface area contributed by atoms with E-state index in [2.05, 4.69) is 81.7 Å². The van der Waals surface area contributed by atoms with Crippen LogP contribution in [-0.2, 0) is 0 Å². The summed E-state index contributed by atoms with van der Waals surface area (Å²) < 4.78 is 0. The van der Waals surface area contributed by atoms with Gasteiger partial charge in [-0.15, -0.1) is 0 Å². The lowest BCUT2D eigenvalue weighted by atomic mass is 9.86. The van der Waals surface area contributed by atoms with Gasteiger partial charge in [0.2, 0.25) is 0 Å². The number of fused-ring (bicyclic) bond motifs is 1. The number of allylic oxidation sites excluding steroid dienone is 2. The van der Waals surface area contributed by atoms with Crippen molar-refractivity contribution in [3.05, 3.63) is 192 Å². The van der Waals surface area contributed by atoms with Crippen molar-refractivity contribution in [3.8, 4) is 44.9 Å². The molecule has 0 saturated carbocycles. The minimum atomic E-state index is 0.391. The van der Waals surface area contributed by atoms with Gasteiger partial charge in [0, 0.05) is 58.2 Å². The van der Waals surface area contributed by atoms with E-state index >= 15 is 0 Å². The summed E-state index contributed by atoms with van der Waals surface area (Å²) in [5.41, 5.74) is 13.6. The molecule has 7 aromatic rings. The predicted molar refractivity (Wildman–Crippen MR) is 194 cm³/mol. The maximum atomic E-state index is 9.34. The molecule has 1 aliphatic carbocycles. The number of pyridine rings is 4. The molecule has 0 atom stereocenters. The van der Waals surface area contributed by atoms with Gasteiger partial charge in [0.1, 0.15) is 0 Å². The molecule has 0 fully saturated rings. The number of nitrogens with one attached hydrogen (secondary N) is 1. The fraction of sp³-hybridized carbons (Fsp3) is 0. The van der Waals surface area contributed by atoms with Crippen LogP contribution >= 0.6 is 0 Å². The van der Waals surface area contributed by atoms with Crippen LogP contribution in [0.3, 0.4) is 0 Å². The van der Waals surface area contributed by atoms with Gasteiger partial charge in [-0.2, -0.15) is 0 Å². The van der Waals surface area contributed by atoms with Crippen LogP contribution in [-0.4, -0.2) is 25.6 Å². The maximum Gasteiger partial charge on any atom is 0.0965 e. The Labute approximate surface area is 279 Å². The van der Waals surface area contributed by atoms with Gasteiger partial charge < -0.3 is 0 Å². The lowest BCUT2D eigenvalue weighted by Gasteiger charge is -2.19. The summed E-state index contributed by atoms with van der Waals surface area (Å²) in [5, 5.41) is 9.34.